The van der Waals surface area contributed by atoms with Crippen LogP contribution in [0.1, 0.15) is 6.92 Å². The molecule has 64 valence electrons. The molecule has 2 N–H and O–H groups in total. The van der Waals surface area contributed by atoms with Gasteiger partial charge in [0.15, 0.2) is 0 Å². The van der Waals surface area contributed by atoms with Crippen LogP contribution >= 0.6 is 11.8 Å². The van der Waals surface area contributed by atoms with Crippen LogP contribution in [-0.2, 0) is 0 Å². The first-order valence-electron chi connectivity index (χ1n) is 4.00. The Morgan fingerprint density at radius 3 is 3.25 bits per heavy atom. The van der Waals surface area contributed by atoms with Crippen LogP contribution in [-0.4, -0.2) is 16.9 Å². The average Bonchev–Trinajstić information content (AvgIpc) is 2.07. The van der Waals surface area contributed by atoms with Gasteiger partial charge >= 0.3 is 0 Å². The van der Waals surface area contributed by atoms with Crippen molar-refractivity contribution in [2.24, 2.45) is 0 Å². The Bertz CT molecular complexity index is 301. The lowest BCUT2D eigenvalue weighted by Crippen LogP contribution is -2.17. The van der Waals surface area contributed by atoms with Crippen molar-refractivity contribution in [3.05, 3.63) is 18.2 Å². The second-order valence-corrected chi connectivity index (χ2v) is 4.41. The van der Waals surface area contributed by atoms with Gasteiger partial charge in [0.05, 0.1) is 10.6 Å². The molecule has 2 nitrogen and oxygen atoms in total. The van der Waals surface area contributed by atoms with Crippen LogP contribution in [0.15, 0.2) is 23.1 Å². The number of phenolic OH excluding ortho intramolecular Hbond substituents is 1. The van der Waals surface area contributed by atoms with E-state index in [4.69, 9.17) is 0 Å². The zero-order valence-electron chi connectivity index (χ0n) is 6.87. The number of aromatic hydroxyl groups is 1. The Morgan fingerprint density at radius 2 is 2.42 bits per heavy atom. The smallest absolute Gasteiger partial charge is 0.131 e. The first kappa shape index (κ1) is 7.80. The SMILES string of the molecule is CC1CNc2cccc(O)c2S1. The second kappa shape index (κ2) is 2.90. The van der Waals surface area contributed by atoms with Gasteiger partial charge in [0, 0.05) is 11.8 Å². The lowest BCUT2D eigenvalue weighted by Gasteiger charge is -2.23. The lowest BCUT2D eigenvalue weighted by atomic mass is 10.3. The number of hydrogen-bond donors (Lipinski definition) is 2. The van der Waals surface area contributed by atoms with Crippen molar-refractivity contribution in [3.8, 4) is 5.75 Å². The maximum Gasteiger partial charge on any atom is 0.131 e. The summed E-state index contributed by atoms with van der Waals surface area (Å²) < 4.78 is 0. The number of phenols is 1. The number of thioether (sulfide) groups is 1. The van der Waals surface area contributed by atoms with E-state index in [1.165, 1.54) is 0 Å². The monoisotopic (exact) mass is 181 g/mol. The van der Waals surface area contributed by atoms with E-state index >= 15 is 0 Å². The third-order valence-electron chi connectivity index (χ3n) is 1.89. The summed E-state index contributed by atoms with van der Waals surface area (Å²) in [5.41, 5.74) is 1.05. The summed E-state index contributed by atoms with van der Waals surface area (Å²) in [5.74, 6) is 0.386. The molecule has 0 spiro atoms. The molecular formula is C9H11NOS. The fourth-order valence-electron chi connectivity index (χ4n) is 1.28. The standard InChI is InChI=1S/C9H11NOS/c1-6-5-10-7-3-2-4-8(11)9(7)12-6/h2-4,6,10-11H,5H2,1H3. The summed E-state index contributed by atoms with van der Waals surface area (Å²) in [6.45, 7) is 3.12. The number of nitrogens with one attached hydrogen (secondary N) is 1. The van der Waals surface area contributed by atoms with Gasteiger partial charge in [-0.2, -0.15) is 0 Å². The Morgan fingerprint density at radius 1 is 1.58 bits per heavy atom. The number of hydrogen-bond acceptors (Lipinski definition) is 3. The Kier molecular flexibility index (Phi) is 1.89. The topological polar surface area (TPSA) is 32.3 Å². The van der Waals surface area contributed by atoms with Crippen molar-refractivity contribution >= 4 is 17.4 Å². The van der Waals surface area contributed by atoms with Gasteiger partial charge in [0.2, 0.25) is 0 Å². The van der Waals surface area contributed by atoms with Gasteiger partial charge in [-0.05, 0) is 12.1 Å². The predicted molar refractivity (Wildman–Crippen MR) is 51.9 cm³/mol. The summed E-state index contributed by atoms with van der Waals surface area (Å²) in [6, 6.07) is 5.58. The number of rotatable bonds is 0. The summed E-state index contributed by atoms with van der Waals surface area (Å²) >= 11 is 1.73. The zero-order valence-corrected chi connectivity index (χ0v) is 7.69. The molecule has 0 saturated heterocycles. The van der Waals surface area contributed by atoms with Gasteiger partial charge in [-0.3, -0.25) is 0 Å². The molecule has 1 aromatic carbocycles. The number of anilines is 1. The van der Waals surface area contributed by atoms with Gasteiger partial charge in [-0.15, -0.1) is 11.8 Å². The van der Waals surface area contributed by atoms with E-state index in [1.54, 1.807) is 17.8 Å². The molecule has 1 aromatic rings. The third-order valence-corrected chi connectivity index (χ3v) is 3.13. The zero-order chi connectivity index (χ0) is 8.55. The van der Waals surface area contributed by atoms with Crippen molar-refractivity contribution in [2.75, 3.05) is 11.9 Å². The minimum atomic E-state index is 0.386. The molecule has 1 heterocycles. The first-order valence-corrected chi connectivity index (χ1v) is 4.88. The highest BCUT2D eigenvalue weighted by Gasteiger charge is 2.17. The molecule has 3 heteroatoms. The molecule has 0 radical (unpaired) electrons. The normalized spacial score (nSPS) is 21.2. The van der Waals surface area contributed by atoms with E-state index in [0.717, 1.165) is 17.1 Å². The fraction of sp³-hybridized carbons (Fsp3) is 0.333. The predicted octanol–water partition coefficient (Wildman–Crippen LogP) is 2.30. The molecule has 2 rings (SSSR count). The van der Waals surface area contributed by atoms with Crippen LogP contribution < -0.4 is 5.32 Å². The summed E-state index contributed by atoms with van der Waals surface area (Å²) in [4.78, 5) is 0.983. The summed E-state index contributed by atoms with van der Waals surface area (Å²) in [7, 11) is 0. The first-order chi connectivity index (χ1) is 5.77. The van der Waals surface area contributed by atoms with Crippen molar-refractivity contribution in [2.45, 2.75) is 17.1 Å². The Balaban J connectivity index is 2.43. The highest BCUT2D eigenvalue weighted by molar-refractivity contribution is 8.00. The van der Waals surface area contributed by atoms with Crippen LogP contribution in [0.25, 0.3) is 0 Å². The minimum Gasteiger partial charge on any atom is -0.507 e. The van der Waals surface area contributed by atoms with Crippen molar-refractivity contribution < 1.29 is 5.11 Å². The lowest BCUT2D eigenvalue weighted by molar-refractivity contribution is 0.462. The van der Waals surface area contributed by atoms with E-state index in [1.807, 2.05) is 12.1 Å². The summed E-state index contributed by atoms with van der Waals surface area (Å²) in [5, 5.41) is 13.3. The van der Waals surface area contributed by atoms with E-state index in [2.05, 4.69) is 12.2 Å². The van der Waals surface area contributed by atoms with Crippen LogP contribution in [0, 0.1) is 0 Å². The maximum atomic E-state index is 9.51. The minimum absolute atomic E-state index is 0.386. The molecule has 0 amide bonds. The molecule has 1 unspecified atom stereocenters. The molecule has 1 aliphatic heterocycles. The molecular weight excluding hydrogens is 170 g/mol. The molecule has 0 bridgehead atoms. The van der Waals surface area contributed by atoms with E-state index in [0.29, 0.717) is 11.0 Å². The van der Waals surface area contributed by atoms with E-state index in [9.17, 15) is 5.11 Å². The Hall–Kier alpha value is -0.830. The third kappa shape index (κ3) is 1.25. The van der Waals surface area contributed by atoms with Crippen LogP contribution in [0.2, 0.25) is 0 Å². The van der Waals surface area contributed by atoms with Gasteiger partial charge in [-0.1, -0.05) is 13.0 Å². The van der Waals surface area contributed by atoms with Gasteiger partial charge in [0.25, 0.3) is 0 Å². The van der Waals surface area contributed by atoms with Gasteiger partial charge in [-0.25, -0.2) is 0 Å². The van der Waals surface area contributed by atoms with Gasteiger partial charge in [0.1, 0.15) is 5.75 Å². The second-order valence-electron chi connectivity index (χ2n) is 2.96. The molecule has 0 aliphatic carbocycles. The molecule has 0 fully saturated rings. The quantitative estimate of drug-likeness (QED) is 0.644. The highest BCUT2D eigenvalue weighted by atomic mass is 32.2. The summed E-state index contributed by atoms with van der Waals surface area (Å²) in [6.07, 6.45) is 0. The van der Waals surface area contributed by atoms with Crippen molar-refractivity contribution in [3.63, 3.8) is 0 Å². The highest BCUT2D eigenvalue weighted by Crippen LogP contribution is 2.40. The average molecular weight is 181 g/mol. The van der Waals surface area contributed by atoms with Crippen molar-refractivity contribution in [1.82, 2.24) is 0 Å². The van der Waals surface area contributed by atoms with E-state index in [-0.39, 0.29) is 0 Å². The number of fused-ring (bicyclic) bond motifs is 1. The molecule has 12 heavy (non-hydrogen) atoms. The molecule has 1 aliphatic rings. The van der Waals surface area contributed by atoms with Crippen LogP contribution in [0.5, 0.6) is 5.75 Å². The van der Waals surface area contributed by atoms with Crippen LogP contribution in [0.4, 0.5) is 5.69 Å². The van der Waals surface area contributed by atoms with Crippen molar-refractivity contribution in [1.29, 1.82) is 0 Å². The molecule has 0 saturated carbocycles. The fourth-order valence-corrected chi connectivity index (χ4v) is 2.31. The molecule has 1 atom stereocenters. The van der Waals surface area contributed by atoms with E-state index < -0.39 is 0 Å². The largest absolute Gasteiger partial charge is 0.507 e. The maximum absolute atomic E-state index is 9.51. The van der Waals surface area contributed by atoms with Crippen LogP contribution in [0.3, 0.4) is 0 Å². The molecule has 0 aromatic heterocycles. The Labute approximate surface area is 76.0 Å². The number of benzene rings is 1. The van der Waals surface area contributed by atoms with Gasteiger partial charge < -0.3 is 10.4 Å².